The number of fused-ring (bicyclic) bond motifs is 3. The number of nitrogen functional groups attached to an aromatic ring is 1. The van der Waals surface area contributed by atoms with Gasteiger partial charge in [-0.3, -0.25) is 9.59 Å². The molecular weight excluding hydrogens is 523 g/mol. The van der Waals surface area contributed by atoms with Crippen LogP contribution in [0.3, 0.4) is 0 Å². The molecule has 0 bridgehead atoms. The number of halogens is 1. The minimum atomic E-state index is -0.740. The van der Waals surface area contributed by atoms with Crippen molar-refractivity contribution in [3.05, 3.63) is 64.2 Å². The minimum absolute atomic E-state index is 0.0573. The molecule has 9 nitrogen and oxygen atoms in total. The lowest BCUT2D eigenvalue weighted by Crippen LogP contribution is -2.35. The lowest BCUT2D eigenvalue weighted by Gasteiger charge is -2.29. The van der Waals surface area contributed by atoms with Crippen molar-refractivity contribution in [3.63, 3.8) is 0 Å². The lowest BCUT2D eigenvalue weighted by atomic mass is 10.0. The molecule has 1 aromatic heterocycles. The summed E-state index contributed by atoms with van der Waals surface area (Å²) in [6, 6.07) is 11.8. The van der Waals surface area contributed by atoms with Crippen LogP contribution >= 0.6 is 0 Å². The van der Waals surface area contributed by atoms with Crippen molar-refractivity contribution >= 4 is 39.0 Å². The van der Waals surface area contributed by atoms with Gasteiger partial charge in [-0.1, -0.05) is 24.3 Å². The maximum absolute atomic E-state index is 16.1. The van der Waals surface area contributed by atoms with E-state index in [1.807, 2.05) is 36.4 Å². The van der Waals surface area contributed by atoms with Crippen molar-refractivity contribution in [1.82, 2.24) is 14.8 Å². The molecule has 0 aliphatic carbocycles. The van der Waals surface area contributed by atoms with Gasteiger partial charge in [0.15, 0.2) is 17.3 Å². The van der Waals surface area contributed by atoms with E-state index in [0.717, 1.165) is 36.6 Å². The van der Waals surface area contributed by atoms with Crippen LogP contribution in [-0.2, 0) is 0 Å². The molecule has 0 radical (unpaired) electrons. The standard InChI is InChI=1S/C31H33FN6O3/c1-36-11-4-7-20(36)8-10-35-31(40)21-16-38-22-13-17-5-2-3-6-18(17)14-23(22)41-30-26(34)25(32)27(24(28(30)38)29(21)39)37-12-9-19(33)15-37/h2-3,5-6,13-14,16,19-20H,4,7-12,15,33-34H2,1H3,(H,35,40)/t19-,20?/m0/s1. The monoisotopic (exact) mass is 556 g/mol. The van der Waals surface area contributed by atoms with E-state index in [2.05, 4.69) is 17.3 Å². The second kappa shape index (κ2) is 9.74. The third kappa shape index (κ3) is 4.12. The van der Waals surface area contributed by atoms with Crippen molar-refractivity contribution < 1.29 is 13.9 Å². The molecule has 2 atom stereocenters. The zero-order chi connectivity index (χ0) is 28.4. The van der Waals surface area contributed by atoms with Gasteiger partial charge in [0.2, 0.25) is 5.43 Å². The fourth-order valence-corrected chi connectivity index (χ4v) is 6.64. The first-order valence-corrected chi connectivity index (χ1v) is 14.2. The van der Waals surface area contributed by atoms with Crippen LogP contribution in [0.5, 0.6) is 11.5 Å². The first-order valence-electron chi connectivity index (χ1n) is 14.2. The zero-order valence-corrected chi connectivity index (χ0v) is 23.0. The number of likely N-dealkylation sites (tertiary alicyclic amines) is 1. The van der Waals surface area contributed by atoms with E-state index in [1.165, 1.54) is 6.20 Å². The number of ether oxygens (including phenoxy) is 1. The Hall–Kier alpha value is -4.15. The van der Waals surface area contributed by atoms with Crippen molar-refractivity contribution in [3.8, 4) is 17.2 Å². The summed E-state index contributed by atoms with van der Waals surface area (Å²) in [5, 5.41) is 4.91. The predicted octanol–water partition coefficient (Wildman–Crippen LogP) is 3.72. The Labute approximate surface area is 236 Å². The van der Waals surface area contributed by atoms with E-state index in [9.17, 15) is 9.59 Å². The third-order valence-corrected chi connectivity index (χ3v) is 8.87. The van der Waals surface area contributed by atoms with Crippen LogP contribution < -0.4 is 31.8 Å². The van der Waals surface area contributed by atoms with E-state index >= 15 is 4.39 Å². The number of amides is 1. The number of nitrogens with zero attached hydrogens (tertiary/aromatic N) is 3. The molecule has 1 amide bonds. The number of rotatable bonds is 5. The fourth-order valence-electron chi connectivity index (χ4n) is 6.64. The SMILES string of the molecule is CN1CCCC1CCNC(=O)c1cn2c3c(c(N)c(F)c(N4CC[C@H](N)C4)c3c1=O)Oc1cc3ccccc3cc1-2. The normalized spacial score (nSPS) is 20.0. The lowest BCUT2D eigenvalue weighted by molar-refractivity contribution is 0.0949. The first kappa shape index (κ1) is 25.8. The van der Waals surface area contributed by atoms with Crippen molar-refractivity contribution in [2.24, 2.45) is 5.73 Å². The van der Waals surface area contributed by atoms with Crippen molar-refractivity contribution in [1.29, 1.82) is 0 Å². The van der Waals surface area contributed by atoms with E-state index < -0.39 is 17.2 Å². The van der Waals surface area contributed by atoms with Crippen LogP contribution in [0, 0.1) is 5.82 Å². The molecule has 41 heavy (non-hydrogen) atoms. The van der Waals surface area contributed by atoms with Gasteiger partial charge in [-0.2, -0.15) is 0 Å². The van der Waals surface area contributed by atoms with E-state index in [4.69, 9.17) is 16.2 Å². The Morgan fingerprint density at radius 3 is 2.66 bits per heavy atom. The molecule has 7 rings (SSSR count). The van der Waals surface area contributed by atoms with Gasteiger partial charge in [0, 0.05) is 37.9 Å². The molecule has 10 heteroatoms. The number of nitrogens with one attached hydrogen (secondary N) is 1. The first-order chi connectivity index (χ1) is 19.8. The van der Waals surface area contributed by atoms with Gasteiger partial charge in [0.1, 0.15) is 16.8 Å². The Balaban J connectivity index is 1.42. The summed E-state index contributed by atoms with van der Waals surface area (Å²) in [5.41, 5.74) is 12.8. The maximum Gasteiger partial charge on any atom is 0.256 e. The summed E-state index contributed by atoms with van der Waals surface area (Å²) < 4.78 is 24.1. The number of pyridine rings is 1. The Morgan fingerprint density at radius 2 is 1.95 bits per heavy atom. The summed E-state index contributed by atoms with van der Waals surface area (Å²) in [4.78, 5) is 31.8. The molecule has 2 saturated heterocycles. The molecule has 5 N–H and O–H groups in total. The van der Waals surface area contributed by atoms with Gasteiger partial charge < -0.3 is 35.9 Å². The molecular formula is C31H33FN6O3. The predicted molar refractivity (Wildman–Crippen MR) is 159 cm³/mol. The van der Waals surface area contributed by atoms with Crippen molar-refractivity contribution in [2.45, 2.75) is 37.8 Å². The van der Waals surface area contributed by atoms with Crippen LogP contribution in [0.15, 0.2) is 47.4 Å². The molecule has 212 valence electrons. The van der Waals surface area contributed by atoms with Crippen LogP contribution in [0.2, 0.25) is 0 Å². The smallest absolute Gasteiger partial charge is 0.256 e. The van der Waals surface area contributed by atoms with Gasteiger partial charge in [-0.05, 0) is 62.2 Å². The summed E-state index contributed by atoms with van der Waals surface area (Å²) in [6.45, 7) is 2.32. The molecule has 4 heterocycles. The van der Waals surface area contributed by atoms with Gasteiger partial charge in [-0.25, -0.2) is 4.39 Å². The molecule has 3 aliphatic rings. The molecule has 3 aromatic carbocycles. The van der Waals surface area contributed by atoms with Gasteiger partial charge in [0.05, 0.1) is 16.8 Å². The maximum atomic E-state index is 16.1. The Bertz CT molecular complexity index is 1790. The Kier molecular flexibility index (Phi) is 6.13. The number of nitrogens with two attached hydrogens (primary N) is 2. The number of aromatic nitrogens is 1. The molecule has 4 aromatic rings. The number of anilines is 2. The van der Waals surface area contributed by atoms with Crippen LogP contribution in [-0.4, -0.2) is 60.7 Å². The fraction of sp³-hybridized carbons (Fsp3) is 0.355. The van der Waals surface area contributed by atoms with Crippen LogP contribution in [0.1, 0.15) is 36.0 Å². The Morgan fingerprint density at radius 1 is 1.17 bits per heavy atom. The molecule has 2 fully saturated rings. The average Bonchev–Trinajstić information content (AvgIpc) is 3.58. The van der Waals surface area contributed by atoms with Crippen LogP contribution in [0.25, 0.3) is 27.4 Å². The van der Waals surface area contributed by atoms with Gasteiger partial charge in [-0.15, -0.1) is 0 Å². The number of carbonyl (C=O) groups excluding carboxylic acids is 1. The van der Waals surface area contributed by atoms with E-state index in [0.29, 0.717) is 49.1 Å². The van der Waals surface area contributed by atoms with Crippen LogP contribution in [0.4, 0.5) is 15.8 Å². The number of benzene rings is 3. The third-order valence-electron chi connectivity index (χ3n) is 8.87. The highest BCUT2D eigenvalue weighted by Crippen LogP contribution is 2.48. The number of carbonyl (C=O) groups is 1. The second-order valence-electron chi connectivity index (χ2n) is 11.5. The van der Waals surface area contributed by atoms with Crippen molar-refractivity contribution in [2.75, 3.05) is 43.9 Å². The highest BCUT2D eigenvalue weighted by Gasteiger charge is 2.34. The molecule has 1 unspecified atom stereocenters. The molecule has 3 aliphatic heterocycles. The van der Waals surface area contributed by atoms with Gasteiger partial charge >= 0.3 is 0 Å². The summed E-state index contributed by atoms with van der Waals surface area (Å²) in [7, 11) is 2.09. The highest BCUT2D eigenvalue weighted by molar-refractivity contribution is 6.07. The summed E-state index contributed by atoms with van der Waals surface area (Å²) in [6.07, 6.45) is 5.21. The summed E-state index contributed by atoms with van der Waals surface area (Å²) >= 11 is 0. The topological polar surface area (TPSA) is 119 Å². The van der Waals surface area contributed by atoms with Gasteiger partial charge in [0.25, 0.3) is 5.91 Å². The number of hydrogen-bond acceptors (Lipinski definition) is 7. The molecule has 0 saturated carbocycles. The molecule has 0 spiro atoms. The average molecular weight is 557 g/mol. The van der Waals surface area contributed by atoms with E-state index in [1.54, 1.807) is 9.47 Å². The van der Waals surface area contributed by atoms with E-state index in [-0.39, 0.29) is 34.1 Å². The highest BCUT2D eigenvalue weighted by atomic mass is 19.1. The number of hydrogen-bond donors (Lipinski definition) is 3. The summed E-state index contributed by atoms with van der Waals surface area (Å²) in [5.74, 6) is -0.700. The minimum Gasteiger partial charge on any atom is -0.451 e. The second-order valence-corrected chi connectivity index (χ2v) is 11.5. The zero-order valence-electron chi connectivity index (χ0n) is 23.0. The quantitative estimate of drug-likeness (QED) is 0.282. The largest absolute Gasteiger partial charge is 0.451 e.